The number of carbonyl (C=O) groups is 1. The Bertz CT molecular complexity index is 724. The van der Waals surface area contributed by atoms with Crippen molar-refractivity contribution in [2.75, 3.05) is 0 Å². The summed E-state index contributed by atoms with van der Waals surface area (Å²) < 4.78 is 10.3. The van der Waals surface area contributed by atoms with Crippen molar-refractivity contribution in [2.24, 2.45) is 4.99 Å². The van der Waals surface area contributed by atoms with Crippen molar-refractivity contribution in [3.63, 3.8) is 0 Å². The second kappa shape index (κ2) is 4.81. The van der Waals surface area contributed by atoms with Gasteiger partial charge in [0.1, 0.15) is 0 Å². The number of ether oxygens (including phenoxy) is 1. The Morgan fingerprint density at radius 1 is 1.20 bits per heavy atom. The first-order chi connectivity index (χ1) is 9.63. The van der Waals surface area contributed by atoms with Crippen LogP contribution in [-0.4, -0.2) is 11.9 Å². The first-order valence-electron chi connectivity index (χ1n) is 6.27. The van der Waals surface area contributed by atoms with Gasteiger partial charge in [0.2, 0.25) is 0 Å². The van der Waals surface area contributed by atoms with E-state index in [1.54, 1.807) is 18.2 Å². The lowest BCUT2D eigenvalue weighted by Crippen LogP contribution is -2.04. The van der Waals surface area contributed by atoms with Gasteiger partial charge in [-0.15, -0.1) is 0 Å². The second-order valence-corrected chi connectivity index (χ2v) is 4.67. The van der Waals surface area contributed by atoms with Crippen LogP contribution in [0.15, 0.2) is 51.7 Å². The van der Waals surface area contributed by atoms with Crippen LogP contribution in [0.3, 0.4) is 0 Å². The van der Waals surface area contributed by atoms with Gasteiger partial charge in [-0.1, -0.05) is 23.8 Å². The minimum atomic E-state index is -0.461. The molecule has 0 radical (unpaired) electrons. The lowest BCUT2D eigenvalue weighted by molar-refractivity contribution is -0.130. The van der Waals surface area contributed by atoms with E-state index in [2.05, 4.69) is 4.99 Å². The van der Waals surface area contributed by atoms with Gasteiger partial charge in [0.15, 0.2) is 11.5 Å². The first-order valence-corrected chi connectivity index (χ1v) is 6.27. The van der Waals surface area contributed by atoms with Crippen LogP contribution in [0.2, 0.25) is 0 Å². The Kier molecular flexibility index (Phi) is 2.99. The van der Waals surface area contributed by atoms with E-state index in [9.17, 15) is 4.79 Å². The van der Waals surface area contributed by atoms with Crippen LogP contribution in [0.4, 0.5) is 0 Å². The third-order valence-corrected chi connectivity index (χ3v) is 3.08. The number of benzene rings is 1. The van der Waals surface area contributed by atoms with E-state index in [0.29, 0.717) is 5.76 Å². The van der Waals surface area contributed by atoms with Gasteiger partial charge in [-0.3, -0.25) is 0 Å². The lowest BCUT2D eigenvalue weighted by atomic mass is 10.0. The quantitative estimate of drug-likeness (QED) is 0.620. The molecule has 0 aliphatic carbocycles. The smallest absolute Gasteiger partial charge is 0.363 e. The maximum Gasteiger partial charge on any atom is 0.363 e. The van der Waals surface area contributed by atoms with Crippen LogP contribution < -0.4 is 0 Å². The molecule has 0 unspecified atom stereocenters. The van der Waals surface area contributed by atoms with Crippen molar-refractivity contribution in [1.29, 1.82) is 0 Å². The number of carbonyl (C=O) groups excluding carboxylic acids is 1. The molecule has 0 N–H and O–H groups in total. The highest BCUT2D eigenvalue weighted by Crippen LogP contribution is 2.21. The number of furan rings is 1. The molecular formula is C16H13NO3. The molecule has 0 atom stereocenters. The van der Waals surface area contributed by atoms with E-state index in [1.165, 1.54) is 6.26 Å². The molecule has 1 aliphatic rings. The van der Waals surface area contributed by atoms with Crippen molar-refractivity contribution in [3.05, 3.63) is 64.7 Å². The van der Waals surface area contributed by atoms with E-state index >= 15 is 0 Å². The molecule has 100 valence electrons. The van der Waals surface area contributed by atoms with Gasteiger partial charge in [-0.25, -0.2) is 9.79 Å². The zero-order valence-corrected chi connectivity index (χ0v) is 11.2. The van der Waals surface area contributed by atoms with Crippen molar-refractivity contribution >= 4 is 17.9 Å². The van der Waals surface area contributed by atoms with Gasteiger partial charge in [-0.05, 0) is 43.2 Å². The van der Waals surface area contributed by atoms with Crippen molar-refractivity contribution < 1.29 is 13.9 Å². The highest BCUT2D eigenvalue weighted by molar-refractivity contribution is 6.11. The van der Waals surface area contributed by atoms with Gasteiger partial charge in [0.05, 0.1) is 6.26 Å². The van der Waals surface area contributed by atoms with Crippen LogP contribution in [-0.2, 0) is 9.53 Å². The number of esters is 1. The van der Waals surface area contributed by atoms with Gasteiger partial charge in [0, 0.05) is 0 Å². The molecule has 0 fully saturated rings. The van der Waals surface area contributed by atoms with E-state index in [4.69, 9.17) is 9.15 Å². The molecule has 2 heterocycles. The molecular weight excluding hydrogens is 254 g/mol. The van der Waals surface area contributed by atoms with Gasteiger partial charge in [0.25, 0.3) is 5.90 Å². The highest BCUT2D eigenvalue weighted by Gasteiger charge is 2.25. The van der Waals surface area contributed by atoms with Crippen LogP contribution in [0, 0.1) is 13.8 Å². The van der Waals surface area contributed by atoms with Crippen LogP contribution in [0.5, 0.6) is 0 Å². The Morgan fingerprint density at radius 2 is 2.05 bits per heavy atom. The van der Waals surface area contributed by atoms with Gasteiger partial charge >= 0.3 is 5.97 Å². The molecule has 0 spiro atoms. The van der Waals surface area contributed by atoms with Gasteiger partial charge in [-0.2, -0.15) is 0 Å². The fraction of sp³-hybridized carbons (Fsp3) is 0.125. The second-order valence-electron chi connectivity index (χ2n) is 4.67. The van der Waals surface area contributed by atoms with Crippen molar-refractivity contribution in [1.82, 2.24) is 0 Å². The molecule has 20 heavy (non-hydrogen) atoms. The van der Waals surface area contributed by atoms with E-state index in [1.807, 2.05) is 32.0 Å². The molecule has 4 nitrogen and oxygen atoms in total. The number of nitrogens with zero attached hydrogens (tertiary/aromatic N) is 1. The van der Waals surface area contributed by atoms with E-state index < -0.39 is 5.97 Å². The predicted octanol–water partition coefficient (Wildman–Crippen LogP) is 3.24. The van der Waals surface area contributed by atoms with Crippen LogP contribution in [0.25, 0.3) is 6.08 Å². The maximum absolute atomic E-state index is 11.8. The summed E-state index contributed by atoms with van der Waals surface area (Å²) in [7, 11) is 0. The molecule has 0 bridgehead atoms. The summed E-state index contributed by atoms with van der Waals surface area (Å²) in [6.45, 7) is 4.00. The molecule has 2 aromatic rings. The first kappa shape index (κ1) is 12.4. The fourth-order valence-electron chi connectivity index (χ4n) is 1.98. The van der Waals surface area contributed by atoms with E-state index in [-0.39, 0.29) is 11.6 Å². The summed E-state index contributed by atoms with van der Waals surface area (Å²) >= 11 is 0. The summed E-state index contributed by atoms with van der Waals surface area (Å²) in [6.07, 6.45) is 3.25. The number of aryl methyl sites for hydroxylation is 2. The summed E-state index contributed by atoms with van der Waals surface area (Å²) in [5.41, 5.74) is 3.45. The predicted molar refractivity (Wildman–Crippen MR) is 75.2 cm³/mol. The summed E-state index contributed by atoms with van der Waals surface area (Å²) in [6, 6.07) is 9.47. The fourth-order valence-corrected chi connectivity index (χ4v) is 1.98. The largest absolute Gasteiger partial charge is 0.459 e. The summed E-state index contributed by atoms with van der Waals surface area (Å²) in [5.74, 6) is 0.191. The average molecular weight is 267 g/mol. The Labute approximate surface area is 116 Å². The molecule has 1 aromatic carbocycles. The van der Waals surface area contributed by atoms with Gasteiger partial charge < -0.3 is 9.15 Å². The number of hydrogen-bond acceptors (Lipinski definition) is 4. The molecule has 4 heteroatoms. The van der Waals surface area contributed by atoms with Crippen molar-refractivity contribution in [2.45, 2.75) is 13.8 Å². The molecule has 0 saturated carbocycles. The number of aliphatic imine (C=N–C) groups is 1. The third-order valence-electron chi connectivity index (χ3n) is 3.08. The molecule has 0 saturated heterocycles. The molecule has 1 aromatic heterocycles. The third kappa shape index (κ3) is 2.28. The van der Waals surface area contributed by atoms with Crippen LogP contribution in [0.1, 0.15) is 22.5 Å². The number of hydrogen-bond donors (Lipinski definition) is 0. The van der Waals surface area contributed by atoms with Crippen molar-refractivity contribution in [3.8, 4) is 0 Å². The summed E-state index contributed by atoms with van der Waals surface area (Å²) in [5, 5.41) is 0. The highest BCUT2D eigenvalue weighted by atomic mass is 16.6. The normalized spacial score (nSPS) is 16.4. The Morgan fingerprint density at radius 3 is 2.80 bits per heavy atom. The number of cyclic esters (lactones) is 1. The molecule has 0 amide bonds. The zero-order valence-electron chi connectivity index (χ0n) is 11.2. The topological polar surface area (TPSA) is 51.8 Å². The average Bonchev–Trinajstić information content (AvgIpc) is 3.04. The van der Waals surface area contributed by atoms with Crippen LogP contribution >= 0.6 is 0 Å². The standard InChI is InChI=1S/C16H13NO3/c1-10-5-6-11(2)12(8-10)9-13-16(18)20-15(17-13)14-4-3-7-19-14/h3-9H,1-2H3/b13-9-. The maximum atomic E-state index is 11.8. The Balaban J connectivity index is 1.99. The minimum absolute atomic E-state index is 0.205. The zero-order chi connectivity index (χ0) is 14.1. The van der Waals surface area contributed by atoms with E-state index in [0.717, 1.165) is 16.7 Å². The minimum Gasteiger partial charge on any atom is -0.459 e. The molecule has 1 aliphatic heterocycles. The molecule has 3 rings (SSSR count). The monoisotopic (exact) mass is 267 g/mol. The Hall–Kier alpha value is -2.62. The summed E-state index contributed by atoms with van der Waals surface area (Å²) in [4.78, 5) is 16.0. The number of rotatable bonds is 2. The lowest BCUT2D eigenvalue weighted by Gasteiger charge is -2.01. The SMILES string of the molecule is Cc1ccc(C)c(/C=C2\N=C(c3ccco3)OC2=O)c1.